The third kappa shape index (κ3) is 2.72. The number of ether oxygens (including phenoxy) is 2. The highest BCUT2D eigenvalue weighted by molar-refractivity contribution is 5.86. The van der Waals surface area contributed by atoms with Crippen molar-refractivity contribution in [3.05, 3.63) is 23.8 Å². The van der Waals surface area contributed by atoms with Gasteiger partial charge in [0.05, 0.1) is 11.6 Å². The second-order valence-electron chi connectivity index (χ2n) is 5.17. The van der Waals surface area contributed by atoms with Gasteiger partial charge in [-0.25, -0.2) is 0 Å². The zero-order valence-corrected chi connectivity index (χ0v) is 12.2. The molecule has 0 aromatic heterocycles. The zero-order chi connectivity index (χ0) is 14.8. The predicted molar refractivity (Wildman–Crippen MR) is 76.6 cm³/mol. The average molecular weight is 278 g/mol. The highest BCUT2D eigenvalue weighted by Crippen LogP contribution is 2.34. The van der Waals surface area contributed by atoms with Crippen LogP contribution in [0.5, 0.6) is 11.5 Å². The van der Waals surface area contributed by atoms with Gasteiger partial charge in [-0.3, -0.25) is 4.79 Å². The number of nitrogens with two attached hydrogens (primary N) is 1. The summed E-state index contributed by atoms with van der Waals surface area (Å²) in [6, 6.07) is 5.55. The number of amides is 1. The molecule has 1 aromatic carbocycles. The Labute approximate surface area is 119 Å². The average Bonchev–Trinajstić information content (AvgIpc) is 2.93. The third-order valence-electron chi connectivity index (χ3n) is 3.96. The molecule has 110 valence electrons. The molecule has 0 spiro atoms. The lowest BCUT2D eigenvalue weighted by molar-refractivity contribution is -0.127. The van der Waals surface area contributed by atoms with Gasteiger partial charge in [-0.15, -0.1) is 0 Å². The van der Waals surface area contributed by atoms with Gasteiger partial charge in [0.25, 0.3) is 0 Å². The molecule has 1 aliphatic rings. The van der Waals surface area contributed by atoms with E-state index < -0.39 is 5.54 Å². The van der Waals surface area contributed by atoms with Gasteiger partial charge in [0.1, 0.15) is 0 Å². The molecule has 1 unspecified atom stereocenters. The van der Waals surface area contributed by atoms with Crippen LogP contribution in [-0.2, 0) is 4.79 Å². The topological polar surface area (TPSA) is 73.6 Å². The van der Waals surface area contributed by atoms with Gasteiger partial charge in [-0.05, 0) is 37.5 Å². The normalized spacial score (nSPS) is 15.0. The monoisotopic (exact) mass is 278 g/mol. The van der Waals surface area contributed by atoms with Crippen molar-refractivity contribution in [3.8, 4) is 11.5 Å². The Morgan fingerprint density at radius 2 is 2.00 bits per heavy atom. The summed E-state index contributed by atoms with van der Waals surface area (Å²) in [4.78, 5) is 12.3. The van der Waals surface area contributed by atoms with Crippen LogP contribution in [-0.4, -0.2) is 18.2 Å². The summed E-state index contributed by atoms with van der Waals surface area (Å²) >= 11 is 0. The first-order chi connectivity index (χ1) is 9.50. The summed E-state index contributed by atoms with van der Waals surface area (Å²) in [6.07, 6.45) is 1.23. The molecular weight excluding hydrogens is 256 g/mol. The van der Waals surface area contributed by atoms with Crippen molar-refractivity contribution in [2.24, 2.45) is 5.73 Å². The maximum absolute atomic E-state index is 12.3. The molecule has 5 heteroatoms. The van der Waals surface area contributed by atoms with Crippen LogP contribution in [0.15, 0.2) is 18.2 Å². The van der Waals surface area contributed by atoms with Crippen molar-refractivity contribution in [3.63, 3.8) is 0 Å². The van der Waals surface area contributed by atoms with E-state index >= 15 is 0 Å². The molecule has 20 heavy (non-hydrogen) atoms. The first-order valence-corrected chi connectivity index (χ1v) is 6.99. The number of carbonyl (C=O) groups excluding carboxylic acids is 1. The maximum atomic E-state index is 12.3. The predicted octanol–water partition coefficient (Wildman–Crippen LogP) is 2.11. The first-order valence-electron chi connectivity index (χ1n) is 6.99. The quantitative estimate of drug-likeness (QED) is 0.865. The van der Waals surface area contributed by atoms with Crippen LogP contribution >= 0.6 is 0 Å². The number of carbonyl (C=O) groups is 1. The summed E-state index contributed by atoms with van der Waals surface area (Å²) in [7, 11) is 0. The van der Waals surface area contributed by atoms with Gasteiger partial charge in [-0.2, -0.15) is 0 Å². The Bertz CT molecular complexity index is 498. The standard InChI is InChI=1S/C15H22N2O3/c1-4-15(16,5-2)14(18)17-10(3)11-6-7-12-13(8-11)20-9-19-12/h6-8,10H,4-5,9,16H2,1-3H3,(H,17,18). The molecule has 0 aliphatic carbocycles. The number of nitrogens with one attached hydrogen (secondary N) is 1. The Balaban J connectivity index is 2.08. The molecule has 0 saturated heterocycles. The lowest BCUT2D eigenvalue weighted by Crippen LogP contribution is -2.53. The Morgan fingerprint density at radius 1 is 1.35 bits per heavy atom. The molecule has 1 aromatic rings. The highest BCUT2D eigenvalue weighted by atomic mass is 16.7. The summed E-state index contributed by atoms with van der Waals surface area (Å²) in [5, 5.41) is 2.97. The van der Waals surface area contributed by atoms with Crippen LogP contribution in [0.3, 0.4) is 0 Å². The molecule has 1 atom stereocenters. The number of hydrogen-bond donors (Lipinski definition) is 2. The summed E-state index contributed by atoms with van der Waals surface area (Å²) in [6.45, 7) is 6.03. The van der Waals surface area contributed by atoms with Crippen LogP contribution in [0.25, 0.3) is 0 Å². The zero-order valence-electron chi connectivity index (χ0n) is 12.2. The van der Waals surface area contributed by atoms with E-state index in [1.165, 1.54) is 0 Å². The molecule has 1 aliphatic heterocycles. The lowest BCUT2D eigenvalue weighted by atomic mass is 9.92. The van der Waals surface area contributed by atoms with Crippen LogP contribution in [0.2, 0.25) is 0 Å². The van der Waals surface area contributed by atoms with Gasteiger partial charge in [0, 0.05) is 0 Å². The molecule has 0 radical (unpaired) electrons. The van der Waals surface area contributed by atoms with E-state index in [1.54, 1.807) is 0 Å². The van der Waals surface area contributed by atoms with Crippen molar-refractivity contribution in [2.45, 2.75) is 45.2 Å². The summed E-state index contributed by atoms with van der Waals surface area (Å²) in [5.74, 6) is 1.34. The number of rotatable bonds is 5. The maximum Gasteiger partial charge on any atom is 0.240 e. The van der Waals surface area contributed by atoms with Gasteiger partial charge in [-0.1, -0.05) is 19.9 Å². The molecule has 0 saturated carbocycles. The van der Waals surface area contributed by atoms with E-state index in [0.29, 0.717) is 18.6 Å². The number of fused-ring (bicyclic) bond motifs is 1. The van der Waals surface area contributed by atoms with Crippen molar-refractivity contribution in [1.29, 1.82) is 0 Å². The molecule has 0 bridgehead atoms. The van der Waals surface area contributed by atoms with Gasteiger partial charge < -0.3 is 20.5 Å². The van der Waals surface area contributed by atoms with Gasteiger partial charge >= 0.3 is 0 Å². The molecule has 3 N–H and O–H groups in total. The molecular formula is C15H22N2O3. The minimum Gasteiger partial charge on any atom is -0.454 e. The van der Waals surface area contributed by atoms with Crippen molar-refractivity contribution in [2.75, 3.05) is 6.79 Å². The lowest BCUT2D eigenvalue weighted by Gasteiger charge is -2.27. The van der Waals surface area contributed by atoms with Gasteiger partial charge in [0.2, 0.25) is 12.7 Å². The Morgan fingerprint density at radius 3 is 2.65 bits per heavy atom. The highest BCUT2D eigenvalue weighted by Gasteiger charge is 2.31. The minimum atomic E-state index is -0.801. The molecule has 1 heterocycles. The third-order valence-corrected chi connectivity index (χ3v) is 3.96. The van der Waals surface area contributed by atoms with Crippen molar-refractivity contribution >= 4 is 5.91 Å². The minimum absolute atomic E-state index is 0.118. The van der Waals surface area contributed by atoms with Crippen LogP contribution in [0.4, 0.5) is 0 Å². The van der Waals surface area contributed by atoms with E-state index in [4.69, 9.17) is 15.2 Å². The smallest absolute Gasteiger partial charge is 0.240 e. The second-order valence-corrected chi connectivity index (χ2v) is 5.17. The summed E-state index contributed by atoms with van der Waals surface area (Å²) in [5.41, 5.74) is 6.27. The van der Waals surface area contributed by atoms with Gasteiger partial charge in [0.15, 0.2) is 11.5 Å². The number of hydrogen-bond acceptors (Lipinski definition) is 4. The molecule has 5 nitrogen and oxygen atoms in total. The first kappa shape index (κ1) is 14.7. The van der Waals surface area contributed by atoms with Crippen LogP contribution < -0.4 is 20.5 Å². The van der Waals surface area contributed by atoms with Crippen molar-refractivity contribution < 1.29 is 14.3 Å². The van der Waals surface area contributed by atoms with Crippen LogP contribution in [0.1, 0.15) is 45.2 Å². The fourth-order valence-corrected chi connectivity index (χ4v) is 2.18. The largest absolute Gasteiger partial charge is 0.454 e. The fraction of sp³-hybridized carbons (Fsp3) is 0.533. The Hall–Kier alpha value is -1.75. The number of benzene rings is 1. The van der Waals surface area contributed by atoms with E-state index in [2.05, 4.69) is 5.32 Å². The van der Waals surface area contributed by atoms with E-state index in [-0.39, 0.29) is 18.7 Å². The van der Waals surface area contributed by atoms with E-state index in [1.807, 2.05) is 39.0 Å². The summed E-state index contributed by atoms with van der Waals surface area (Å²) < 4.78 is 10.6. The van der Waals surface area contributed by atoms with E-state index in [0.717, 1.165) is 11.3 Å². The Kier molecular flexibility index (Phi) is 4.18. The second kappa shape index (κ2) is 5.71. The molecule has 2 rings (SSSR count). The van der Waals surface area contributed by atoms with E-state index in [9.17, 15) is 4.79 Å². The van der Waals surface area contributed by atoms with Crippen molar-refractivity contribution in [1.82, 2.24) is 5.32 Å². The molecule has 1 amide bonds. The molecule has 0 fully saturated rings. The van der Waals surface area contributed by atoms with Crippen LogP contribution in [0, 0.1) is 0 Å². The SMILES string of the molecule is CCC(N)(CC)C(=O)NC(C)c1ccc2c(c1)OCO2. The fourth-order valence-electron chi connectivity index (χ4n) is 2.18.